The number of hydroxylamine groups is 1. The monoisotopic (exact) mass is 1050 g/mol. The Hall–Kier alpha value is -6.24. The molecule has 0 aliphatic carbocycles. The summed E-state index contributed by atoms with van der Waals surface area (Å²) in [4.78, 5) is 67.5. The molecule has 0 saturated carbocycles. The van der Waals surface area contributed by atoms with Gasteiger partial charge in [-0.05, 0) is 35.1 Å². The van der Waals surface area contributed by atoms with Crippen LogP contribution in [-0.2, 0) is 55.3 Å². The first-order valence-electron chi connectivity index (χ1n) is 23.9. The van der Waals surface area contributed by atoms with E-state index in [1.54, 1.807) is 61.3 Å². The van der Waals surface area contributed by atoms with Crippen molar-refractivity contribution in [2.75, 3.05) is 72.6 Å². The van der Waals surface area contributed by atoms with Gasteiger partial charge in [0.15, 0.2) is 5.82 Å². The van der Waals surface area contributed by atoms with Crippen LogP contribution in [0.2, 0.25) is 0 Å². The van der Waals surface area contributed by atoms with Crippen molar-refractivity contribution in [2.45, 2.75) is 70.7 Å². The minimum Gasteiger partial charge on any atom is -0.391 e. The number of rotatable bonds is 27. The second-order valence-electron chi connectivity index (χ2n) is 18.4. The lowest BCUT2D eigenvalue weighted by Crippen LogP contribution is -2.58. The number of aliphatic hydroxyl groups excluding tert-OH is 1. The van der Waals surface area contributed by atoms with Crippen molar-refractivity contribution in [3.63, 3.8) is 0 Å². The van der Waals surface area contributed by atoms with Crippen molar-refractivity contribution in [2.24, 2.45) is 5.41 Å². The highest BCUT2D eigenvalue weighted by molar-refractivity contribution is 7.13. The summed E-state index contributed by atoms with van der Waals surface area (Å²) >= 11 is 1.55. The van der Waals surface area contributed by atoms with Gasteiger partial charge < -0.3 is 44.3 Å². The molecule has 5 aromatic rings. The van der Waals surface area contributed by atoms with E-state index in [2.05, 4.69) is 25.6 Å². The lowest BCUT2D eigenvalue weighted by molar-refractivity contribution is -0.144. The van der Waals surface area contributed by atoms with E-state index in [4.69, 9.17) is 23.7 Å². The van der Waals surface area contributed by atoms with Crippen LogP contribution in [-0.4, -0.2) is 145 Å². The van der Waals surface area contributed by atoms with Gasteiger partial charge in [0, 0.05) is 43.0 Å². The average Bonchev–Trinajstić information content (AvgIpc) is 4.01. The highest BCUT2D eigenvalue weighted by Crippen LogP contribution is 2.32. The van der Waals surface area contributed by atoms with Crippen LogP contribution in [0.3, 0.4) is 0 Å². The molecule has 1 aliphatic rings. The maximum atomic E-state index is 14.9. The Morgan fingerprint density at radius 1 is 0.811 bits per heavy atom. The van der Waals surface area contributed by atoms with Crippen molar-refractivity contribution in [1.29, 1.82) is 0 Å². The third-order valence-electron chi connectivity index (χ3n) is 11.9. The number of amides is 4. The second-order valence-corrected chi connectivity index (χ2v) is 19.3. The number of thiazole rings is 1. The number of nitrogens with zero attached hydrogens (tertiary/aromatic N) is 4. The van der Waals surface area contributed by atoms with Crippen LogP contribution in [0.4, 0.5) is 13.2 Å². The SMILES string of the molecule is Cc1ncsc1-c1ccc(CNC(=O)C2CC(O)CN2C(=O)C(NC(=O)COCCOCCOCCOCCOCC(F)(F)c2cnc(-c3ccc(C(C(=O)NO)c4ccccc4F)cc3)nc2)C(C)(C)C)cc1. The molecule has 4 atom stereocenters. The minimum atomic E-state index is -3.40. The fraction of sp³-hybridized carbons (Fsp3) is 0.442. The molecular formula is C52H62F3N7O11S. The molecule has 74 heavy (non-hydrogen) atoms. The highest BCUT2D eigenvalue weighted by Gasteiger charge is 2.44. The number of ether oxygens (including phenoxy) is 5. The predicted octanol–water partition coefficient (Wildman–Crippen LogP) is 5.34. The molecule has 5 N–H and O–H groups in total. The van der Waals surface area contributed by atoms with Gasteiger partial charge in [-0.25, -0.2) is 24.8 Å². The van der Waals surface area contributed by atoms with Gasteiger partial charge in [0.2, 0.25) is 17.7 Å². The van der Waals surface area contributed by atoms with E-state index in [0.29, 0.717) is 11.1 Å². The fourth-order valence-electron chi connectivity index (χ4n) is 7.95. The van der Waals surface area contributed by atoms with E-state index in [1.807, 2.05) is 31.2 Å². The average molecular weight is 1050 g/mol. The Kier molecular flexibility index (Phi) is 21.1. The smallest absolute Gasteiger partial charge is 0.299 e. The van der Waals surface area contributed by atoms with E-state index < -0.39 is 77.1 Å². The third kappa shape index (κ3) is 16.1. The van der Waals surface area contributed by atoms with E-state index in [0.717, 1.165) is 34.1 Å². The molecule has 1 saturated heterocycles. The van der Waals surface area contributed by atoms with E-state index in [9.17, 15) is 42.7 Å². The van der Waals surface area contributed by atoms with E-state index in [1.165, 1.54) is 35.2 Å². The van der Waals surface area contributed by atoms with Crippen LogP contribution in [0.15, 0.2) is 90.7 Å². The van der Waals surface area contributed by atoms with Gasteiger partial charge in [-0.1, -0.05) is 87.5 Å². The zero-order chi connectivity index (χ0) is 53.3. The number of hydrogen-bond acceptors (Lipinski definition) is 15. The highest BCUT2D eigenvalue weighted by atomic mass is 32.1. The molecule has 0 spiro atoms. The Morgan fingerprint density at radius 2 is 1.41 bits per heavy atom. The van der Waals surface area contributed by atoms with Crippen LogP contribution < -0.4 is 16.1 Å². The molecule has 4 amide bonds. The third-order valence-corrected chi connectivity index (χ3v) is 12.9. The van der Waals surface area contributed by atoms with E-state index >= 15 is 0 Å². The number of likely N-dealkylation sites (tertiary alicyclic amines) is 1. The molecule has 2 aromatic heterocycles. The molecule has 6 rings (SSSR count). The molecule has 1 aliphatic heterocycles. The molecule has 3 heterocycles. The summed E-state index contributed by atoms with van der Waals surface area (Å²) in [5.41, 5.74) is 5.89. The van der Waals surface area contributed by atoms with Gasteiger partial charge in [0.25, 0.3) is 11.8 Å². The van der Waals surface area contributed by atoms with Gasteiger partial charge in [0.05, 0.1) is 86.5 Å². The fourth-order valence-corrected chi connectivity index (χ4v) is 8.76. The number of hydrogen-bond donors (Lipinski definition) is 5. The Balaban J connectivity index is 0.800. The number of nitrogens with one attached hydrogen (secondary N) is 3. The molecule has 4 unspecified atom stereocenters. The number of β-amino-alcohol motifs (C(OH)–C–C–N with tert-alkyl or cyclic N) is 1. The number of benzene rings is 3. The van der Waals surface area contributed by atoms with Crippen LogP contribution in [0, 0.1) is 18.2 Å². The largest absolute Gasteiger partial charge is 0.391 e. The maximum Gasteiger partial charge on any atom is 0.299 e. The number of aryl methyl sites for hydroxylation is 1. The molecule has 22 heteroatoms. The van der Waals surface area contributed by atoms with Crippen molar-refractivity contribution in [1.82, 2.24) is 36.0 Å². The summed E-state index contributed by atoms with van der Waals surface area (Å²) in [7, 11) is 0. The number of carbonyl (C=O) groups is 4. The van der Waals surface area contributed by atoms with Crippen LogP contribution >= 0.6 is 11.3 Å². The summed E-state index contributed by atoms with van der Waals surface area (Å²) in [6, 6.07) is 17.7. The lowest BCUT2D eigenvalue weighted by atomic mass is 9.85. The second kappa shape index (κ2) is 27.3. The number of alkyl halides is 2. The first-order valence-corrected chi connectivity index (χ1v) is 24.8. The summed E-state index contributed by atoms with van der Waals surface area (Å²) in [6.45, 7) is 7.28. The van der Waals surface area contributed by atoms with Gasteiger partial charge in [-0.2, -0.15) is 8.78 Å². The quantitative estimate of drug-likeness (QED) is 0.0254. The minimum absolute atomic E-state index is 0.0410. The first-order chi connectivity index (χ1) is 35.5. The Morgan fingerprint density at radius 3 is 1.99 bits per heavy atom. The van der Waals surface area contributed by atoms with Crippen molar-refractivity contribution < 1.29 is 66.3 Å². The zero-order valence-corrected chi connectivity index (χ0v) is 42.4. The zero-order valence-electron chi connectivity index (χ0n) is 41.6. The van der Waals surface area contributed by atoms with Crippen LogP contribution in [0.25, 0.3) is 21.8 Å². The van der Waals surface area contributed by atoms with E-state index in [-0.39, 0.29) is 90.4 Å². The first kappa shape index (κ1) is 57.0. The number of halogens is 3. The molecule has 18 nitrogen and oxygen atoms in total. The van der Waals surface area contributed by atoms with Crippen molar-refractivity contribution in [3.8, 4) is 21.8 Å². The molecular weight excluding hydrogens is 988 g/mol. The number of aliphatic hydroxyl groups is 1. The molecule has 398 valence electrons. The summed E-state index contributed by atoms with van der Waals surface area (Å²) in [5.74, 6) is -7.28. The Labute approximate surface area is 430 Å². The summed E-state index contributed by atoms with van der Waals surface area (Å²) < 4.78 is 71.2. The number of aromatic nitrogens is 3. The van der Waals surface area contributed by atoms with Crippen molar-refractivity contribution in [3.05, 3.63) is 124 Å². The van der Waals surface area contributed by atoms with Gasteiger partial charge >= 0.3 is 0 Å². The molecule has 0 radical (unpaired) electrons. The summed E-state index contributed by atoms with van der Waals surface area (Å²) in [6.07, 6.45) is 1.16. The lowest BCUT2D eigenvalue weighted by Gasteiger charge is -2.35. The predicted molar refractivity (Wildman–Crippen MR) is 265 cm³/mol. The maximum absolute atomic E-state index is 14.9. The Bertz CT molecular complexity index is 2600. The summed E-state index contributed by atoms with van der Waals surface area (Å²) in [5, 5.41) is 25.4. The normalized spacial score (nSPS) is 15.7. The van der Waals surface area contributed by atoms with Crippen LogP contribution in [0.5, 0.6) is 0 Å². The van der Waals surface area contributed by atoms with Crippen molar-refractivity contribution >= 4 is 35.0 Å². The van der Waals surface area contributed by atoms with Gasteiger partial charge in [-0.15, -0.1) is 11.3 Å². The molecule has 3 aromatic carbocycles. The van der Waals surface area contributed by atoms with Gasteiger partial charge in [0.1, 0.15) is 31.1 Å². The molecule has 1 fully saturated rings. The number of carbonyl (C=O) groups excluding carboxylic acids is 4. The molecule has 0 bridgehead atoms. The van der Waals surface area contributed by atoms with Gasteiger partial charge in [-0.3, -0.25) is 24.4 Å². The topological polar surface area (TPSA) is 233 Å². The van der Waals surface area contributed by atoms with Crippen LogP contribution in [0.1, 0.15) is 61.1 Å². The standard InChI is InChI=1S/C52H62F3N7O11S/c1-33-45(74-32-59-33)36-11-9-34(10-12-36)26-58-48(65)42-25-39(63)29-62(42)50(67)46(51(2,3)4)60-43(64)30-72-23-21-70-19-17-69-18-20-71-22-24-73-31-52(54,55)38-27-56-47(57-28-38)37-15-13-35(14-16-37)44(49(66)61-68)40-7-5-6-8-41(40)53/h5-16,27-28,32,39,42,44,46,63,68H,17-26,29-31H2,1-4H3,(H,58,65)(H,60,64)(H,61,66).